The highest BCUT2D eigenvalue weighted by atomic mass is 19.3. The third kappa shape index (κ3) is 1.89. The maximum atomic E-state index is 12.8. The van der Waals surface area contributed by atoms with Gasteiger partial charge in [-0.15, -0.1) is 0 Å². The molecule has 2 N–H and O–H groups in total. The standard InChI is InChI=1S/C12H16F2N2/c1-16(2)10-5-3-9(4-6-10)11(15)7-12(13,14)8-11/h3-6H,7-8,15H2,1-2H3. The highest BCUT2D eigenvalue weighted by molar-refractivity contribution is 5.47. The maximum absolute atomic E-state index is 12.8. The van der Waals surface area contributed by atoms with Gasteiger partial charge in [0, 0.05) is 32.6 Å². The van der Waals surface area contributed by atoms with E-state index in [1.807, 2.05) is 43.3 Å². The number of rotatable bonds is 2. The molecule has 0 radical (unpaired) electrons. The number of benzene rings is 1. The minimum absolute atomic E-state index is 0.249. The monoisotopic (exact) mass is 226 g/mol. The third-order valence-corrected chi connectivity index (χ3v) is 3.11. The summed E-state index contributed by atoms with van der Waals surface area (Å²) in [7, 11) is 3.87. The van der Waals surface area contributed by atoms with Crippen molar-refractivity contribution in [2.75, 3.05) is 19.0 Å². The molecule has 2 rings (SSSR count). The van der Waals surface area contributed by atoms with Crippen LogP contribution >= 0.6 is 0 Å². The molecule has 1 aromatic carbocycles. The lowest BCUT2D eigenvalue weighted by Gasteiger charge is -2.45. The number of nitrogens with zero attached hydrogens (tertiary/aromatic N) is 1. The second kappa shape index (κ2) is 3.42. The van der Waals surface area contributed by atoms with Crippen LogP contribution in [0.15, 0.2) is 24.3 Å². The zero-order chi connectivity index (χ0) is 12.0. The van der Waals surface area contributed by atoms with E-state index in [-0.39, 0.29) is 12.8 Å². The molecule has 0 bridgehead atoms. The van der Waals surface area contributed by atoms with Gasteiger partial charge in [-0.25, -0.2) is 8.78 Å². The molecule has 0 saturated heterocycles. The molecule has 88 valence electrons. The lowest BCUT2D eigenvalue weighted by Crippen LogP contribution is -2.55. The number of halogens is 2. The molecule has 1 aliphatic carbocycles. The van der Waals surface area contributed by atoms with Crippen molar-refractivity contribution in [3.05, 3.63) is 29.8 Å². The number of nitrogens with two attached hydrogens (primary N) is 1. The largest absolute Gasteiger partial charge is 0.378 e. The second-order valence-electron chi connectivity index (χ2n) is 4.81. The van der Waals surface area contributed by atoms with Crippen LogP contribution in [0.3, 0.4) is 0 Å². The van der Waals surface area contributed by atoms with E-state index in [2.05, 4.69) is 0 Å². The summed E-state index contributed by atoms with van der Waals surface area (Å²) in [4.78, 5) is 1.96. The van der Waals surface area contributed by atoms with E-state index in [0.29, 0.717) is 0 Å². The van der Waals surface area contributed by atoms with Gasteiger partial charge >= 0.3 is 0 Å². The van der Waals surface area contributed by atoms with Gasteiger partial charge in [0.15, 0.2) is 0 Å². The summed E-state index contributed by atoms with van der Waals surface area (Å²) in [5.41, 5.74) is 6.93. The fourth-order valence-electron chi connectivity index (χ4n) is 2.17. The van der Waals surface area contributed by atoms with E-state index in [1.54, 1.807) is 0 Å². The average Bonchev–Trinajstić information content (AvgIpc) is 2.14. The minimum atomic E-state index is -2.59. The Balaban J connectivity index is 2.17. The van der Waals surface area contributed by atoms with Crippen molar-refractivity contribution in [2.45, 2.75) is 24.3 Å². The van der Waals surface area contributed by atoms with Crippen LogP contribution in [0.5, 0.6) is 0 Å². The van der Waals surface area contributed by atoms with Gasteiger partial charge in [-0.1, -0.05) is 12.1 Å². The van der Waals surface area contributed by atoms with Crippen molar-refractivity contribution in [1.29, 1.82) is 0 Å². The molecule has 0 aliphatic heterocycles. The summed E-state index contributed by atoms with van der Waals surface area (Å²) < 4.78 is 25.7. The first-order chi connectivity index (χ1) is 7.32. The lowest BCUT2D eigenvalue weighted by atomic mass is 9.70. The smallest absolute Gasteiger partial charge is 0.252 e. The Bertz CT molecular complexity index is 377. The van der Waals surface area contributed by atoms with Crippen molar-refractivity contribution in [3.63, 3.8) is 0 Å². The van der Waals surface area contributed by atoms with Gasteiger partial charge in [-0.05, 0) is 17.7 Å². The van der Waals surface area contributed by atoms with Crippen LogP contribution in [0.25, 0.3) is 0 Å². The fraction of sp³-hybridized carbons (Fsp3) is 0.500. The fourth-order valence-corrected chi connectivity index (χ4v) is 2.17. The predicted octanol–water partition coefficient (Wildman–Crippen LogP) is 2.34. The number of anilines is 1. The van der Waals surface area contributed by atoms with E-state index >= 15 is 0 Å². The second-order valence-corrected chi connectivity index (χ2v) is 4.81. The van der Waals surface area contributed by atoms with Crippen LogP contribution in [0.1, 0.15) is 18.4 Å². The first-order valence-corrected chi connectivity index (χ1v) is 5.27. The summed E-state index contributed by atoms with van der Waals surface area (Å²) in [6.07, 6.45) is -0.497. The Hall–Kier alpha value is -1.16. The van der Waals surface area contributed by atoms with Crippen LogP contribution in [0.4, 0.5) is 14.5 Å². The average molecular weight is 226 g/mol. The molecule has 4 heteroatoms. The lowest BCUT2D eigenvalue weighted by molar-refractivity contribution is -0.125. The molecule has 1 aromatic rings. The molecule has 0 spiro atoms. The first-order valence-electron chi connectivity index (χ1n) is 5.27. The molecule has 1 fully saturated rings. The SMILES string of the molecule is CN(C)c1ccc(C2(N)CC(F)(F)C2)cc1. The van der Waals surface area contributed by atoms with Crippen molar-refractivity contribution < 1.29 is 8.78 Å². The summed E-state index contributed by atoms with van der Waals surface area (Å²) in [6.45, 7) is 0. The van der Waals surface area contributed by atoms with Crippen molar-refractivity contribution in [1.82, 2.24) is 0 Å². The summed E-state index contributed by atoms with van der Waals surface area (Å²) in [6, 6.07) is 7.48. The van der Waals surface area contributed by atoms with Crippen LogP contribution in [0, 0.1) is 0 Å². The third-order valence-electron chi connectivity index (χ3n) is 3.11. The first kappa shape index (κ1) is 11.3. The Morgan fingerprint density at radius 2 is 1.62 bits per heavy atom. The van der Waals surface area contributed by atoms with Crippen molar-refractivity contribution in [3.8, 4) is 0 Å². The van der Waals surface area contributed by atoms with Gasteiger partial charge in [0.25, 0.3) is 5.92 Å². The topological polar surface area (TPSA) is 29.3 Å². The summed E-state index contributed by atoms with van der Waals surface area (Å²) >= 11 is 0. The molecular weight excluding hydrogens is 210 g/mol. The molecule has 0 unspecified atom stereocenters. The number of hydrogen-bond acceptors (Lipinski definition) is 2. The molecule has 1 saturated carbocycles. The van der Waals surface area contributed by atoms with Gasteiger partial charge in [-0.3, -0.25) is 0 Å². The van der Waals surface area contributed by atoms with Crippen LogP contribution in [-0.4, -0.2) is 20.0 Å². The van der Waals surface area contributed by atoms with Crippen LogP contribution in [0.2, 0.25) is 0 Å². The zero-order valence-corrected chi connectivity index (χ0v) is 9.50. The Morgan fingerprint density at radius 3 is 2.00 bits per heavy atom. The normalized spacial score (nSPS) is 21.3. The predicted molar refractivity (Wildman–Crippen MR) is 60.8 cm³/mol. The van der Waals surface area contributed by atoms with Crippen molar-refractivity contribution in [2.24, 2.45) is 5.73 Å². The highest BCUT2D eigenvalue weighted by Crippen LogP contribution is 2.49. The van der Waals surface area contributed by atoms with Gasteiger partial charge in [0.05, 0.1) is 5.54 Å². The maximum Gasteiger partial charge on any atom is 0.252 e. The van der Waals surface area contributed by atoms with E-state index < -0.39 is 11.5 Å². The zero-order valence-electron chi connectivity index (χ0n) is 9.50. The molecule has 0 heterocycles. The molecule has 16 heavy (non-hydrogen) atoms. The number of hydrogen-bond donors (Lipinski definition) is 1. The van der Waals surface area contributed by atoms with E-state index in [4.69, 9.17) is 5.73 Å². The van der Waals surface area contributed by atoms with Gasteiger partial charge < -0.3 is 10.6 Å². The Morgan fingerprint density at radius 1 is 1.12 bits per heavy atom. The Labute approximate surface area is 94.0 Å². The van der Waals surface area contributed by atoms with Crippen molar-refractivity contribution >= 4 is 5.69 Å². The van der Waals surface area contributed by atoms with Gasteiger partial charge in [0.2, 0.25) is 0 Å². The summed E-state index contributed by atoms with van der Waals surface area (Å²) in [5.74, 6) is -2.59. The minimum Gasteiger partial charge on any atom is -0.378 e. The molecule has 2 nitrogen and oxygen atoms in total. The van der Waals surface area contributed by atoms with E-state index in [0.717, 1.165) is 11.3 Å². The van der Waals surface area contributed by atoms with E-state index in [1.165, 1.54) is 0 Å². The molecule has 0 atom stereocenters. The quantitative estimate of drug-likeness (QED) is 0.838. The Kier molecular flexibility index (Phi) is 2.42. The van der Waals surface area contributed by atoms with Gasteiger partial charge in [-0.2, -0.15) is 0 Å². The number of alkyl halides is 2. The highest BCUT2D eigenvalue weighted by Gasteiger charge is 2.55. The van der Waals surface area contributed by atoms with E-state index in [9.17, 15) is 8.78 Å². The van der Waals surface area contributed by atoms with Crippen LogP contribution < -0.4 is 10.6 Å². The van der Waals surface area contributed by atoms with Gasteiger partial charge in [0.1, 0.15) is 0 Å². The molecule has 1 aliphatic rings. The van der Waals surface area contributed by atoms with Crippen LogP contribution in [-0.2, 0) is 5.54 Å². The molecule has 0 aromatic heterocycles. The molecular formula is C12H16F2N2. The molecule has 0 amide bonds. The summed E-state index contributed by atoms with van der Waals surface area (Å²) in [5, 5.41) is 0.